The van der Waals surface area contributed by atoms with Crippen LogP contribution in [0.3, 0.4) is 0 Å². The summed E-state index contributed by atoms with van der Waals surface area (Å²) in [7, 11) is 1.87. The zero-order chi connectivity index (χ0) is 11.7. The predicted molar refractivity (Wildman–Crippen MR) is 65.2 cm³/mol. The average Bonchev–Trinajstić information content (AvgIpc) is 2.26. The van der Waals surface area contributed by atoms with Gasteiger partial charge in [-0.25, -0.2) is 0 Å². The number of rotatable bonds is 7. The molecule has 0 amide bonds. The fraction of sp³-hybridized carbons (Fsp3) is 0.333. The van der Waals surface area contributed by atoms with E-state index >= 15 is 0 Å². The van der Waals surface area contributed by atoms with E-state index in [4.69, 9.17) is 10.5 Å². The van der Waals surface area contributed by atoms with Crippen LogP contribution in [-0.2, 0) is 4.74 Å². The summed E-state index contributed by atoms with van der Waals surface area (Å²) in [6.07, 6.45) is 6.90. The zero-order valence-electron chi connectivity index (χ0n) is 9.49. The molecule has 0 aliphatic carbocycles. The van der Waals surface area contributed by atoms with Crippen LogP contribution in [0.2, 0.25) is 0 Å². The van der Waals surface area contributed by atoms with Crippen molar-refractivity contribution >= 4 is 0 Å². The molecule has 0 fully saturated rings. The summed E-state index contributed by atoms with van der Waals surface area (Å²) in [5.74, 6) is 1.46. The van der Waals surface area contributed by atoms with Crippen molar-refractivity contribution in [1.82, 2.24) is 5.32 Å². The van der Waals surface area contributed by atoms with Crippen LogP contribution < -0.4 is 11.1 Å². The van der Waals surface area contributed by atoms with Gasteiger partial charge >= 0.3 is 0 Å². The van der Waals surface area contributed by atoms with Crippen LogP contribution in [0, 0.1) is 0 Å². The molecule has 15 heavy (non-hydrogen) atoms. The number of likely N-dealkylation sites (N-methyl/N-ethyl adjacent to an activating group) is 1. The molecule has 1 unspecified atom stereocenters. The first kappa shape index (κ1) is 13.7. The third-order valence-electron chi connectivity index (χ3n) is 1.90. The minimum Gasteiger partial charge on any atom is -0.463 e. The maximum atomic E-state index is 5.63. The Morgan fingerprint density at radius 1 is 1.40 bits per heavy atom. The van der Waals surface area contributed by atoms with Crippen molar-refractivity contribution in [2.24, 2.45) is 5.73 Å². The largest absolute Gasteiger partial charge is 0.463 e. The summed E-state index contributed by atoms with van der Waals surface area (Å²) in [5, 5.41) is 3.09. The fourth-order valence-corrected chi connectivity index (χ4v) is 0.952. The Bertz CT molecular complexity index is 267. The van der Waals surface area contributed by atoms with Crippen LogP contribution in [0.4, 0.5) is 0 Å². The van der Waals surface area contributed by atoms with E-state index in [2.05, 4.69) is 18.5 Å². The molecule has 84 valence electrons. The van der Waals surface area contributed by atoms with E-state index in [9.17, 15) is 0 Å². The van der Waals surface area contributed by atoms with Crippen LogP contribution in [-0.4, -0.2) is 19.6 Å². The van der Waals surface area contributed by atoms with E-state index in [0.717, 1.165) is 5.76 Å². The summed E-state index contributed by atoms with van der Waals surface area (Å²) in [4.78, 5) is 0. The Morgan fingerprint density at radius 2 is 2.00 bits per heavy atom. The molecule has 0 saturated heterocycles. The molecule has 0 spiro atoms. The number of hydrogen-bond acceptors (Lipinski definition) is 3. The van der Waals surface area contributed by atoms with Gasteiger partial charge < -0.3 is 15.8 Å². The second-order valence-electron chi connectivity index (χ2n) is 2.99. The molecule has 0 heterocycles. The van der Waals surface area contributed by atoms with Crippen molar-refractivity contribution < 1.29 is 4.74 Å². The molecule has 1 atom stereocenters. The molecule has 0 aromatic carbocycles. The van der Waals surface area contributed by atoms with Gasteiger partial charge in [0.2, 0.25) is 0 Å². The maximum absolute atomic E-state index is 5.63. The topological polar surface area (TPSA) is 47.3 Å². The summed E-state index contributed by atoms with van der Waals surface area (Å²) < 4.78 is 5.63. The number of ether oxygens (including phenoxy) is 1. The molecule has 0 aromatic rings. The van der Waals surface area contributed by atoms with Gasteiger partial charge in [0.1, 0.15) is 11.5 Å². The monoisotopic (exact) mass is 208 g/mol. The predicted octanol–water partition coefficient (Wildman–Crippen LogP) is 1.71. The Morgan fingerprint density at radius 3 is 2.40 bits per heavy atom. The second-order valence-corrected chi connectivity index (χ2v) is 2.99. The van der Waals surface area contributed by atoms with Gasteiger partial charge in [-0.1, -0.05) is 25.3 Å². The van der Waals surface area contributed by atoms with Gasteiger partial charge in [-0.2, -0.15) is 0 Å². The third-order valence-corrected chi connectivity index (χ3v) is 1.90. The van der Waals surface area contributed by atoms with E-state index in [0.29, 0.717) is 12.3 Å². The van der Waals surface area contributed by atoms with Crippen molar-refractivity contribution in [3.05, 3.63) is 49.0 Å². The van der Waals surface area contributed by atoms with Gasteiger partial charge in [0.05, 0.1) is 12.6 Å². The number of nitrogens with two attached hydrogens (primary N) is 1. The van der Waals surface area contributed by atoms with Crippen molar-refractivity contribution in [2.75, 3.05) is 13.6 Å². The fourth-order valence-electron chi connectivity index (χ4n) is 0.952. The number of allylic oxidation sites excluding steroid dienone is 4. The van der Waals surface area contributed by atoms with Gasteiger partial charge in [-0.15, -0.1) is 0 Å². The van der Waals surface area contributed by atoms with Crippen LogP contribution >= 0.6 is 0 Å². The molecule has 3 nitrogen and oxygen atoms in total. The highest BCUT2D eigenvalue weighted by atomic mass is 16.5. The molecule has 3 N–H and O–H groups in total. The maximum Gasteiger partial charge on any atom is 0.120 e. The Balaban J connectivity index is 4.67. The van der Waals surface area contributed by atoms with Gasteiger partial charge in [0, 0.05) is 0 Å². The van der Waals surface area contributed by atoms with Crippen LogP contribution in [0.1, 0.15) is 6.92 Å². The first-order valence-corrected chi connectivity index (χ1v) is 4.89. The second kappa shape index (κ2) is 8.03. The first-order valence-electron chi connectivity index (χ1n) is 4.89. The Hall–Kier alpha value is -1.32. The smallest absolute Gasteiger partial charge is 0.120 e. The van der Waals surface area contributed by atoms with Crippen molar-refractivity contribution in [2.45, 2.75) is 13.0 Å². The van der Waals surface area contributed by atoms with E-state index in [1.807, 2.05) is 20.0 Å². The van der Waals surface area contributed by atoms with Gasteiger partial charge in [-0.05, 0) is 26.1 Å². The molecular formula is C12H20N2O. The lowest BCUT2D eigenvalue weighted by molar-refractivity contribution is 0.268. The standard InChI is InChI=1S/C12H20N2O/c1-5-7-11(9-13)15-12(8-6-2)10(3)14-4/h5-8,10,14H,1-2,9,13H2,3-4H3/b11-7+,12-8+. The highest BCUT2D eigenvalue weighted by molar-refractivity contribution is 5.15. The highest BCUT2D eigenvalue weighted by Crippen LogP contribution is 2.10. The highest BCUT2D eigenvalue weighted by Gasteiger charge is 2.08. The van der Waals surface area contributed by atoms with E-state index in [1.54, 1.807) is 18.2 Å². The van der Waals surface area contributed by atoms with Crippen LogP contribution in [0.15, 0.2) is 49.0 Å². The lowest BCUT2D eigenvalue weighted by Gasteiger charge is -2.17. The van der Waals surface area contributed by atoms with Crippen molar-refractivity contribution in [1.29, 1.82) is 0 Å². The summed E-state index contributed by atoms with van der Waals surface area (Å²) >= 11 is 0. The third kappa shape index (κ3) is 5.20. The molecule has 0 bridgehead atoms. The number of hydrogen-bond donors (Lipinski definition) is 2. The molecule has 0 rings (SSSR count). The molecule has 0 aliphatic heterocycles. The molecule has 0 saturated carbocycles. The van der Waals surface area contributed by atoms with Crippen molar-refractivity contribution in [3.63, 3.8) is 0 Å². The normalized spacial score (nSPS) is 14.6. The van der Waals surface area contributed by atoms with E-state index < -0.39 is 0 Å². The Labute approximate surface area is 92.0 Å². The SMILES string of the molecule is C=C/C=C(\CN)O/C(=C/C=C)C(C)NC. The quantitative estimate of drug-likeness (QED) is 0.494. The lowest BCUT2D eigenvalue weighted by atomic mass is 10.2. The van der Waals surface area contributed by atoms with Crippen LogP contribution in [0.5, 0.6) is 0 Å². The van der Waals surface area contributed by atoms with Crippen LogP contribution in [0.25, 0.3) is 0 Å². The summed E-state index contributed by atoms with van der Waals surface area (Å²) in [6, 6.07) is 0.114. The zero-order valence-corrected chi connectivity index (χ0v) is 9.49. The van der Waals surface area contributed by atoms with Gasteiger partial charge in [0.15, 0.2) is 0 Å². The van der Waals surface area contributed by atoms with E-state index in [-0.39, 0.29) is 6.04 Å². The lowest BCUT2D eigenvalue weighted by Crippen LogP contribution is -2.25. The average molecular weight is 208 g/mol. The summed E-state index contributed by atoms with van der Waals surface area (Å²) in [5.41, 5.74) is 5.53. The molecule has 3 heteroatoms. The minimum atomic E-state index is 0.114. The minimum absolute atomic E-state index is 0.114. The van der Waals surface area contributed by atoms with Crippen molar-refractivity contribution in [3.8, 4) is 0 Å². The number of nitrogens with one attached hydrogen (secondary N) is 1. The molecular weight excluding hydrogens is 188 g/mol. The van der Waals surface area contributed by atoms with E-state index in [1.165, 1.54) is 0 Å². The molecule has 0 aromatic heterocycles. The molecule has 0 aliphatic rings. The van der Waals surface area contributed by atoms with Gasteiger partial charge in [-0.3, -0.25) is 0 Å². The first-order chi connectivity index (χ1) is 7.19. The van der Waals surface area contributed by atoms with Gasteiger partial charge in [0.25, 0.3) is 0 Å². The Kier molecular flexibility index (Phi) is 7.32. The summed E-state index contributed by atoms with van der Waals surface area (Å²) in [6.45, 7) is 9.58. The molecule has 0 radical (unpaired) electrons.